The molecule has 1 unspecified atom stereocenters. The number of nitriles is 1. The highest BCUT2D eigenvalue weighted by Crippen LogP contribution is 2.10. The Balaban J connectivity index is 2.59. The standard InChI is InChI=1S/C16H21BN2O2/c1-12(10-18)8-14-6-5-7-15(9-14)11-21-16(20)19-13(2)17(3)4/h5-9,13H,11H2,1-4H3,(H,19,20). The maximum atomic E-state index is 11.7. The van der Waals surface area contributed by atoms with E-state index >= 15 is 0 Å². The Morgan fingerprint density at radius 1 is 1.52 bits per heavy atom. The average molecular weight is 284 g/mol. The topological polar surface area (TPSA) is 62.1 Å². The third-order valence-electron chi connectivity index (χ3n) is 3.23. The van der Waals surface area contributed by atoms with Crippen LogP contribution in [-0.2, 0) is 11.3 Å². The molecular weight excluding hydrogens is 263 g/mol. The van der Waals surface area contributed by atoms with Crippen LogP contribution in [0.1, 0.15) is 25.0 Å². The van der Waals surface area contributed by atoms with Crippen molar-refractivity contribution in [2.24, 2.45) is 0 Å². The molecular formula is C16H21BN2O2. The SMILES string of the molecule is CB(C)C(C)NC(=O)OCc1cccc(C=C(C)C#N)c1. The number of alkyl carbamates (subject to hydrolysis) is 1. The van der Waals surface area contributed by atoms with Crippen molar-refractivity contribution in [3.8, 4) is 6.07 Å². The van der Waals surface area contributed by atoms with Gasteiger partial charge in [0.1, 0.15) is 6.61 Å². The first-order valence-corrected chi connectivity index (χ1v) is 7.03. The largest absolute Gasteiger partial charge is 0.445 e. The van der Waals surface area contributed by atoms with Crippen molar-refractivity contribution in [3.05, 3.63) is 41.0 Å². The van der Waals surface area contributed by atoms with Crippen molar-refractivity contribution in [3.63, 3.8) is 0 Å². The second kappa shape index (κ2) is 8.16. The van der Waals surface area contributed by atoms with E-state index in [0.29, 0.717) is 12.3 Å². The van der Waals surface area contributed by atoms with Gasteiger partial charge in [0.15, 0.2) is 6.71 Å². The lowest BCUT2D eigenvalue weighted by molar-refractivity contribution is 0.139. The molecule has 0 bridgehead atoms. The highest BCUT2D eigenvalue weighted by molar-refractivity contribution is 6.57. The van der Waals surface area contributed by atoms with E-state index in [1.165, 1.54) is 0 Å². The fourth-order valence-corrected chi connectivity index (χ4v) is 1.60. The highest BCUT2D eigenvalue weighted by Gasteiger charge is 2.13. The third-order valence-corrected chi connectivity index (χ3v) is 3.23. The molecule has 4 nitrogen and oxygen atoms in total. The fourth-order valence-electron chi connectivity index (χ4n) is 1.60. The van der Waals surface area contributed by atoms with Crippen LogP contribution < -0.4 is 5.32 Å². The summed E-state index contributed by atoms with van der Waals surface area (Å²) in [6.07, 6.45) is 1.38. The maximum Gasteiger partial charge on any atom is 0.407 e. The number of carbonyl (C=O) groups is 1. The Morgan fingerprint density at radius 3 is 2.86 bits per heavy atom. The molecule has 110 valence electrons. The molecule has 0 heterocycles. The Labute approximate surface area is 126 Å². The lowest BCUT2D eigenvalue weighted by atomic mass is 9.49. The van der Waals surface area contributed by atoms with Crippen molar-refractivity contribution in [1.82, 2.24) is 5.32 Å². The maximum absolute atomic E-state index is 11.7. The van der Waals surface area contributed by atoms with Crippen LogP contribution in [0.25, 0.3) is 6.08 Å². The summed E-state index contributed by atoms with van der Waals surface area (Å²) in [4.78, 5) is 11.7. The second-order valence-corrected chi connectivity index (χ2v) is 5.44. The number of hydrogen-bond donors (Lipinski definition) is 1. The van der Waals surface area contributed by atoms with Crippen molar-refractivity contribution in [1.29, 1.82) is 5.26 Å². The molecule has 1 rings (SSSR count). The van der Waals surface area contributed by atoms with Gasteiger partial charge in [-0.05, 0) is 30.2 Å². The zero-order chi connectivity index (χ0) is 15.8. The summed E-state index contributed by atoms with van der Waals surface area (Å²) in [6.45, 7) is 8.35. The van der Waals surface area contributed by atoms with Crippen LogP contribution in [0.5, 0.6) is 0 Å². The zero-order valence-electron chi connectivity index (χ0n) is 13.0. The summed E-state index contributed by atoms with van der Waals surface area (Å²) < 4.78 is 5.20. The summed E-state index contributed by atoms with van der Waals surface area (Å²) in [5.41, 5.74) is 2.45. The Kier molecular flexibility index (Phi) is 6.54. The molecule has 0 saturated heterocycles. The number of ether oxygens (including phenoxy) is 1. The van der Waals surface area contributed by atoms with Crippen LogP contribution in [-0.4, -0.2) is 18.7 Å². The highest BCUT2D eigenvalue weighted by atomic mass is 16.5. The van der Waals surface area contributed by atoms with E-state index in [1.54, 1.807) is 13.0 Å². The second-order valence-electron chi connectivity index (χ2n) is 5.44. The van der Waals surface area contributed by atoms with Crippen molar-refractivity contribution < 1.29 is 9.53 Å². The molecule has 0 fully saturated rings. The average Bonchev–Trinajstić information content (AvgIpc) is 2.45. The summed E-state index contributed by atoms with van der Waals surface area (Å²) >= 11 is 0. The van der Waals surface area contributed by atoms with Gasteiger partial charge in [-0.15, -0.1) is 0 Å². The number of allylic oxidation sites excluding steroid dienone is 1. The number of amides is 1. The molecule has 5 heteroatoms. The minimum absolute atomic E-state index is 0.0741. The van der Waals surface area contributed by atoms with Crippen LogP contribution in [0.15, 0.2) is 29.8 Å². The third kappa shape index (κ3) is 6.18. The van der Waals surface area contributed by atoms with Gasteiger partial charge in [0.2, 0.25) is 0 Å². The van der Waals surface area contributed by atoms with Gasteiger partial charge in [0.25, 0.3) is 0 Å². The smallest absolute Gasteiger partial charge is 0.407 e. The molecule has 0 aliphatic heterocycles. The number of benzene rings is 1. The fraction of sp³-hybridized carbons (Fsp3) is 0.375. The lowest BCUT2D eigenvalue weighted by Gasteiger charge is -2.15. The van der Waals surface area contributed by atoms with Gasteiger partial charge >= 0.3 is 6.09 Å². The number of rotatable bonds is 5. The van der Waals surface area contributed by atoms with Gasteiger partial charge in [-0.3, -0.25) is 0 Å². The first-order chi connectivity index (χ1) is 9.92. The van der Waals surface area contributed by atoms with Gasteiger partial charge in [-0.2, -0.15) is 5.26 Å². The van der Waals surface area contributed by atoms with E-state index in [1.807, 2.05) is 44.8 Å². The summed E-state index contributed by atoms with van der Waals surface area (Å²) in [5.74, 6) is 0.0741. The van der Waals surface area contributed by atoms with Gasteiger partial charge < -0.3 is 10.1 Å². The van der Waals surface area contributed by atoms with Gasteiger partial charge in [0.05, 0.1) is 6.07 Å². The van der Waals surface area contributed by atoms with E-state index in [9.17, 15) is 4.79 Å². The monoisotopic (exact) mass is 284 g/mol. The Bertz CT molecular complexity index is 562. The number of hydrogen-bond acceptors (Lipinski definition) is 3. The first kappa shape index (κ1) is 16.8. The van der Waals surface area contributed by atoms with E-state index in [4.69, 9.17) is 10.00 Å². The predicted octanol–water partition coefficient (Wildman–Crippen LogP) is 3.52. The van der Waals surface area contributed by atoms with Crippen LogP contribution >= 0.6 is 0 Å². The molecule has 0 aliphatic rings. The van der Waals surface area contributed by atoms with Crippen LogP contribution in [0.3, 0.4) is 0 Å². The number of carbonyl (C=O) groups excluding carboxylic acids is 1. The zero-order valence-corrected chi connectivity index (χ0v) is 13.0. The van der Waals surface area contributed by atoms with Crippen molar-refractivity contribution >= 4 is 18.9 Å². The Hall–Kier alpha value is -2.22. The van der Waals surface area contributed by atoms with Crippen molar-refractivity contribution in [2.45, 2.75) is 40.0 Å². The molecule has 0 aliphatic carbocycles. The number of nitrogens with one attached hydrogen (secondary N) is 1. The molecule has 1 atom stereocenters. The molecule has 0 radical (unpaired) electrons. The lowest BCUT2D eigenvalue weighted by Crippen LogP contribution is -2.41. The summed E-state index contributed by atoms with van der Waals surface area (Å²) in [6, 6.07) is 9.66. The van der Waals surface area contributed by atoms with Crippen LogP contribution in [0.2, 0.25) is 13.6 Å². The molecule has 1 aromatic rings. The summed E-state index contributed by atoms with van der Waals surface area (Å²) in [5, 5.41) is 11.6. The quantitative estimate of drug-likeness (QED) is 0.664. The number of nitrogens with zero attached hydrogens (tertiary/aromatic N) is 1. The predicted molar refractivity (Wildman–Crippen MR) is 86.0 cm³/mol. The van der Waals surface area contributed by atoms with Crippen molar-refractivity contribution in [2.75, 3.05) is 0 Å². The van der Waals surface area contributed by atoms with E-state index in [0.717, 1.165) is 11.1 Å². The molecule has 1 aromatic carbocycles. The Morgan fingerprint density at radius 2 is 2.24 bits per heavy atom. The molecule has 1 N–H and O–H groups in total. The normalized spacial score (nSPS) is 12.2. The van der Waals surface area contributed by atoms with Crippen LogP contribution in [0.4, 0.5) is 4.79 Å². The molecule has 1 amide bonds. The van der Waals surface area contributed by atoms with Gasteiger partial charge in [0, 0.05) is 11.5 Å². The molecule has 21 heavy (non-hydrogen) atoms. The first-order valence-electron chi connectivity index (χ1n) is 7.03. The molecule has 0 saturated carbocycles. The minimum Gasteiger partial charge on any atom is -0.445 e. The molecule has 0 spiro atoms. The van der Waals surface area contributed by atoms with E-state index in [-0.39, 0.29) is 12.5 Å². The van der Waals surface area contributed by atoms with E-state index < -0.39 is 6.09 Å². The van der Waals surface area contributed by atoms with Gasteiger partial charge in [-0.1, -0.05) is 38.8 Å². The summed E-state index contributed by atoms with van der Waals surface area (Å²) in [7, 11) is 0. The van der Waals surface area contributed by atoms with E-state index in [2.05, 4.69) is 11.4 Å². The molecule has 0 aromatic heterocycles. The minimum atomic E-state index is -0.412. The van der Waals surface area contributed by atoms with Gasteiger partial charge in [-0.25, -0.2) is 4.79 Å². The van der Waals surface area contributed by atoms with Crippen LogP contribution in [0, 0.1) is 11.3 Å².